The highest BCUT2D eigenvalue weighted by molar-refractivity contribution is 5.82. The van der Waals surface area contributed by atoms with Gasteiger partial charge in [0.1, 0.15) is 36.5 Å². The minimum absolute atomic E-state index is 0.155. The lowest BCUT2D eigenvalue weighted by molar-refractivity contribution is -0.150. The number of likely N-dealkylation sites (N-methyl/N-ethyl adjacent to an activating group) is 1. The van der Waals surface area contributed by atoms with E-state index in [1.54, 1.807) is 55.4 Å². The van der Waals surface area contributed by atoms with Gasteiger partial charge in [-0.25, -0.2) is 19.2 Å². The first-order valence-electron chi connectivity index (χ1n) is 15.4. The molecule has 1 N–H and O–H groups in total. The molecule has 0 aromatic heterocycles. The Morgan fingerprint density at radius 2 is 1.13 bits per heavy atom. The predicted molar refractivity (Wildman–Crippen MR) is 182 cm³/mol. The smallest absolute Gasteiger partial charge is 0.410 e. The van der Waals surface area contributed by atoms with Gasteiger partial charge < -0.3 is 24.3 Å². The molecule has 0 fully saturated rings. The molecule has 0 heterocycles. The molecule has 2 aromatic carbocycles. The highest BCUT2D eigenvalue weighted by Crippen LogP contribution is 2.17. The van der Waals surface area contributed by atoms with Crippen molar-refractivity contribution < 1.29 is 38.1 Å². The van der Waals surface area contributed by atoms with E-state index < -0.39 is 47.4 Å². The lowest BCUT2D eigenvalue weighted by Gasteiger charge is -2.29. The number of carbonyl (C=O) groups is 4. The van der Waals surface area contributed by atoms with Crippen LogP contribution < -0.4 is 5.32 Å². The summed E-state index contributed by atoms with van der Waals surface area (Å²) in [4.78, 5) is 50.0. The first kappa shape index (κ1) is 40.4. The molecule has 0 saturated heterocycles. The minimum Gasteiger partial charge on any atom is -0.459 e. The van der Waals surface area contributed by atoms with Crippen LogP contribution in [0.25, 0.3) is 0 Å². The maximum absolute atomic E-state index is 12.5. The molecule has 2 rings (SSSR count). The zero-order valence-electron chi connectivity index (χ0n) is 29.4. The fourth-order valence-corrected chi connectivity index (χ4v) is 3.82. The number of hydrogen-bond acceptors (Lipinski definition) is 8. The van der Waals surface area contributed by atoms with Crippen molar-refractivity contribution in [2.24, 2.45) is 0 Å². The predicted octanol–water partition coefficient (Wildman–Crippen LogP) is 7.52. The van der Waals surface area contributed by atoms with Gasteiger partial charge in [0, 0.05) is 7.05 Å². The van der Waals surface area contributed by atoms with Gasteiger partial charge in [0.25, 0.3) is 0 Å². The van der Waals surface area contributed by atoms with Crippen molar-refractivity contribution in [3.63, 3.8) is 0 Å². The van der Waals surface area contributed by atoms with Crippen LogP contribution in [0.15, 0.2) is 85.0 Å². The van der Waals surface area contributed by atoms with Gasteiger partial charge in [-0.2, -0.15) is 0 Å². The molecular weight excluding hydrogens is 600 g/mol. The Labute approximate surface area is 280 Å². The molecule has 0 aliphatic rings. The molecule has 47 heavy (non-hydrogen) atoms. The molecule has 0 spiro atoms. The quantitative estimate of drug-likeness (QED) is 0.142. The number of ether oxygens (including phenoxy) is 4. The Kier molecular flexibility index (Phi) is 16.5. The second-order valence-electron chi connectivity index (χ2n) is 13.3. The summed E-state index contributed by atoms with van der Waals surface area (Å²) in [6, 6.07) is 17.2. The summed E-state index contributed by atoms with van der Waals surface area (Å²) in [7, 11) is 1.53. The molecule has 0 radical (unpaired) electrons. The van der Waals surface area contributed by atoms with E-state index in [1.807, 2.05) is 60.7 Å². The first-order chi connectivity index (χ1) is 21.8. The van der Waals surface area contributed by atoms with Crippen LogP contribution in [-0.2, 0) is 41.8 Å². The van der Waals surface area contributed by atoms with Crippen molar-refractivity contribution in [3.05, 3.63) is 96.1 Å². The van der Waals surface area contributed by atoms with Crippen molar-refractivity contribution in [2.45, 2.75) is 105 Å². The van der Waals surface area contributed by atoms with Crippen molar-refractivity contribution >= 4 is 24.1 Å². The van der Waals surface area contributed by atoms with Crippen LogP contribution in [0.2, 0.25) is 0 Å². The molecule has 2 aromatic rings. The number of rotatable bonds is 12. The van der Waals surface area contributed by atoms with Crippen LogP contribution in [0.1, 0.15) is 79.4 Å². The van der Waals surface area contributed by atoms with Gasteiger partial charge in [-0.3, -0.25) is 4.90 Å². The topological polar surface area (TPSA) is 120 Å². The Morgan fingerprint density at radius 3 is 1.53 bits per heavy atom. The zero-order chi connectivity index (χ0) is 35.8. The van der Waals surface area contributed by atoms with E-state index in [1.165, 1.54) is 11.9 Å². The number of amides is 2. The number of carbonyl (C=O) groups excluding carboxylic acids is 4. The molecule has 2 amide bonds. The second-order valence-corrected chi connectivity index (χ2v) is 13.3. The number of nitrogens with one attached hydrogen (secondary N) is 1. The van der Waals surface area contributed by atoms with Crippen molar-refractivity contribution in [3.8, 4) is 0 Å². The summed E-state index contributed by atoms with van der Waals surface area (Å²) >= 11 is 0. The molecular formula is C37H52N2O8. The first-order valence-corrected chi connectivity index (χ1v) is 15.4. The Hall–Kier alpha value is -4.60. The van der Waals surface area contributed by atoms with Crippen molar-refractivity contribution in [2.75, 3.05) is 7.05 Å². The van der Waals surface area contributed by atoms with E-state index in [4.69, 9.17) is 18.9 Å². The summed E-state index contributed by atoms with van der Waals surface area (Å²) in [5, 5.41) is 2.54. The van der Waals surface area contributed by atoms with Gasteiger partial charge in [0.05, 0.1) is 0 Å². The highest BCUT2D eigenvalue weighted by Gasteiger charge is 2.31. The third-order valence-electron chi connectivity index (χ3n) is 5.94. The normalized spacial score (nSPS) is 12.2. The Balaban J connectivity index is 0.000000470. The van der Waals surface area contributed by atoms with Crippen LogP contribution in [0, 0.1) is 0 Å². The highest BCUT2D eigenvalue weighted by atomic mass is 16.6. The van der Waals surface area contributed by atoms with E-state index in [2.05, 4.69) is 18.5 Å². The number of alkyl carbamates (subject to hydrolysis) is 1. The van der Waals surface area contributed by atoms with E-state index in [-0.39, 0.29) is 13.2 Å². The monoisotopic (exact) mass is 652 g/mol. The van der Waals surface area contributed by atoms with E-state index in [0.29, 0.717) is 12.8 Å². The van der Waals surface area contributed by atoms with E-state index in [9.17, 15) is 19.2 Å². The third-order valence-corrected chi connectivity index (χ3v) is 5.94. The van der Waals surface area contributed by atoms with Gasteiger partial charge in [-0.15, -0.1) is 13.2 Å². The molecule has 258 valence electrons. The number of esters is 2. The van der Waals surface area contributed by atoms with Gasteiger partial charge in [0.15, 0.2) is 0 Å². The number of hydrogen-bond donors (Lipinski definition) is 1. The molecule has 10 heteroatoms. The minimum atomic E-state index is -0.814. The number of nitrogens with zero attached hydrogens (tertiary/aromatic N) is 1. The lowest BCUT2D eigenvalue weighted by Crippen LogP contribution is -2.45. The van der Waals surface area contributed by atoms with Crippen LogP contribution in [0.5, 0.6) is 0 Å². The summed E-state index contributed by atoms with van der Waals surface area (Å²) < 4.78 is 21.1. The largest absolute Gasteiger partial charge is 0.459 e. The maximum Gasteiger partial charge on any atom is 0.410 e. The molecule has 0 unspecified atom stereocenters. The van der Waals surface area contributed by atoms with Crippen LogP contribution in [-0.4, -0.2) is 59.4 Å². The molecule has 0 bridgehead atoms. The Morgan fingerprint density at radius 1 is 0.702 bits per heavy atom. The number of benzene rings is 2. The fourth-order valence-electron chi connectivity index (χ4n) is 3.82. The summed E-state index contributed by atoms with van der Waals surface area (Å²) in [6.45, 7) is 22.1. The van der Waals surface area contributed by atoms with Gasteiger partial charge in [0.2, 0.25) is 0 Å². The average Bonchev–Trinajstić information content (AvgIpc) is 2.96. The summed E-state index contributed by atoms with van der Waals surface area (Å²) in [5.41, 5.74) is 2.06. The zero-order valence-corrected chi connectivity index (χ0v) is 29.4. The average molecular weight is 653 g/mol. The summed E-state index contributed by atoms with van der Waals surface area (Å²) in [5.74, 6) is -0.988. The second kappa shape index (κ2) is 19.2. The molecule has 0 aliphatic carbocycles. The maximum atomic E-state index is 12.5. The lowest BCUT2D eigenvalue weighted by atomic mass is 10.1. The van der Waals surface area contributed by atoms with Crippen LogP contribution in [0.4, 0.5) is 9.59 Å². The molecule has 0 aliphatic heterocycles. The van der Waals surface area contributed by atoms with Gasteiger partial charge >= 0.3 is 24.1 Å². The SMILES string of the molecule is C=C(C)C[C@@H](C(=O)OCc1ccccc1)N(C)C(=O)OC(C)(C)C.C=C(C)C[C@H](NC(=O)OC(C)(C)C)C(=O)OCc1ccccc1. The van der Waals surface area contributed by atoms with Crippen molar-refractivity contribution in [1.82, 2.24) is 10.2 Å². The standard InChI is InChI=1S/C19H27NO4.C18H25NO4/c1-14(2)12-16(20(6)18(22)24-19(3,4)5)17(21)23-13-15-10-8-7-9-11-15;1-13(2)11-15(19-17(21)23-18(3,4)5)16(20)22-12-14-9-7-6-8-10-14/h7-11,16H,1,12-13H2,2-6H3;6-10,15H,1,11-12H2,2-5H3,(H,19,21)/t16-;15-/m00/s1. The molecule has 2 atom stereocenters. The van der Waals surface area contributed by atoms with E-state index in [0.717, 1.165) is 22.3 Å². The fraction of sp³-hybridized carbons (Fsp3) is 0.459. The third kappa shape index (κ3) is 18.2. The van der Waals surface area contributed by atoms with Crippen LogP contribution in [0.3, 0.4) is 0 Å². The Bertz CT molecular complexity index is 1330. The van der Waals surface area contributed by atoms with Crippen LogP contribution >= 0.6 is 0 Å². The molecule has 10 nitrogen and oxygen atoms in total. The van der Waals surface area contributed by atoms with E-state index >= 15 is 0 Å². The summed E-state index contributed by atoms with van der Waals surface area (Å²) in [6.07, 6.45) is -0.596. The van der Waals surface area contributed by atoms with Crippen molar-refractivity contribution in [1.29, 1.82) is 0 Å². The van der Waals surface area contributed by atoms with Gasteiger partial charge in [-0.05, 0) is 79.4 Å². The molecule has 0 saturated carbocycles. The van der Waals surface area contributed by atoms with Gasteiger partial charge in [-0.1, -0.05) is 71.8 Å².